The number of hydrogen-bond donors (Lipinski definition) is 4. The van der Waals surface area contributed by atoms with Gasteiger partial charge in [0.15, 0.2) is 6.29 Å². The summed E-state index contributed by atoms with van der Waals surface area (Å²) in [7, 11) is 0. The number of allylic oxidation sites excluding steroid dienone is 1. The van der Waals surface area contributed by atoms with E-state index in [0.717, 1.165) is 0 Å². The Morgan fingerprint density at radius 3 is 1.60 bits per heavy atom. The topological polar surface area (TPSA) is 80.9 Å². The third kappa shape index (κ3) is 26.8. The first-order chi connectivity index (χ1) is 4.54. The highest BCUT2D eigenvalue weighted by Crippen LogP contribution is 1.77. The normalized spacial score (nSPS) is 8.10. The molecule has 0 unspecified atom stereocenters. The van der Waals surface area contributed by atoms with Crippen molar-refractivity contribution in [1.82, 2.24) is 0 Å². The molecule has 0 aliphatic heterocycles. The fraction of sp³-hybridized carbons (Fsp3) is 0.667. The number of aliphatic hydroxyl groups excluding tert-OH is 2. The Morgan fingerprint density at radius 2 is 1.60 bits per heavy atom. The Labute approximate surface area is 60.1 Å². The second-order valence-electron chi connectivity index (χ2n) is 1.54. The first-order valence-corrected chi connectivity index (χ1v) is 2.94. The van der Waals surface area contributed by atoms with Gasteiger partial charge in [-0.05, 0) is 19.4 Å². The third-order valence-electron chi connectivity index (χ3n) is 0.623. The van der Waals surface area contributed by atoms with Crippen LogP contribution >= 0.6 is 0 Å². The molecule has 0 bridgehead atoms. The highest BCUT2D eigenvalue weighted by molar-refractivity contribution is 4.71. The molecule has 0 atom stereocenters. The van der Waals surface area contributed by atoms with Gasteiger partial charge in [0, 0.05) is 0 Å². The molecule has 62 valence electrons. The van der Waals surface area contributed by atoms with E-state index in [-0.39, 0.29) is 0 Å². The minimum atomic E-state index is -1.12. The molecule has 0 aromatic carbocycles. The highest BCUT2D eigenvalue weighted by Gasteiger charge is 1.83. The lowest BCUT2D eigenvalue weighted by Crippen LogP contribution is -1.99. The minimum Gasteiger partial charge on any atom is -0.481 e. The zero-order chi connectivity index (χ0) is 8.57. The summed E-state index contributed by atoms with van der Waals surface area (Å²) >= 11 is 0. The summed E-state index contributed by atoms with van der Waals surface area (Å²) in [5.41, 5.74) is 0. The average molecular weight is 150 g/mol. The van der Waals surface area contributed by atoms with Crippen LogP contribution < -0.4 is 0 Å². The van der Waals surface area contributed by atoms with Crippen molar-refractivity contribution in [3.05, 3.63) is 12.0 Å². The van der Waals surface area contributed by atoms with Gasteiger partial charge in [-0.3, -0.25) is 0 Å². The maximum absolute atomic E-state index is 7.92. The highest BCUT2D eigenvalue weighted by atomic mass is 16.5. The summed E-state index contributed by atoms with van der Waals surface area (Å²) in [6.45, 7) is 3.24. The largest absolute Gasteiger partial charge is 0.481 e. The van der Waals surface area contributed by atoms with Gasteiger partial charge in [-0.25, -0.2) is 0 Å². The lowest BCUT2D eigenvalue weighted by molar-refractivity contribution is -0.0413. The second-order valence-corrected chi connectivity index (χ2v) is 1.54. The lowest BCUT2D eigenvalue weighted by atomic mass is 10.5. The fourth-order valence-corrected chi connectivity index (χ4v) is 0. The standard InChI is InChI=1S/C3H8O2.C3H6O2/c2*1-2-3(4)5/h3-5H,2H2,1H3;2,4-5H,1H3. The molecule has 0 fully saturated rings. The molecule has 0 rings (SSSR count). The van der Waals surface area contributed by atoms with E-state index in [1.54, 1.807) is 6.92 Å². The Hall–Kier alpha value is -0.740. The number of hydrogen-bond acceptors (Lipinski definition) is 4. The van der Waals surface area contributed by atoms with Crippen molar-refractivity contribution in [2.24, 2.45) is 0 Å². The van der Waals surface area contributed by atoms with E-state index in [9.17, 15) is 0 Å². The molecule has 0 radical (unpaired) electrons. The maximum atomic E-state index is 7.92. The van der Waals surface area contributed by atoms with E-state index in [1.807, 2.05) is 0 Å². The van der Waals surface area contributed by atoms with Gasteiger partial charge in [0.05, 0.1) is 0 Å². The monoisotopic (exact) mass is 150 g/mol. The van der Waals surface area contributed by atoms with Gasteiger partial charge in [-0.15, -0.1) is 0 Å². The molecule has 0 spiro atoms. The molecule has 0 aromatic heterocycles. The van der Waals surface area contributed by atoms with Crippen molar-refractivity contribution in [2.45, 2.75) is 26.6 Å². The van der Waals surface area contributed by atoms with Crippen LogP contribution in [0.3, 0.4) is 0 Å². The predicted octanol–water partition coefficient (Wildman–Crippen LogP) is 0.671. The maximum Gasteiger partial charge on any atom is 0.269 e. The molecule has 0 aliphatic carbocycles. The zero-order valence-corrected chi connectivity index (χ0v) is 6.15. The number of aliphatic hydroxyl groups is 4. The lowest BCUT2D eigenvalue weighted by Gasteiger charge is -1.90. The average Bonchev–Trinajstić information content (AvgIpc) is 1.89. The zero-order valence-electron chi connectivity index (χ0n) is 6.15. The van der Waals surface area contributed by atoms with E-state index in [2.05, 4.69) is 0 Å². The van der Waals surface area contributed by atoms with Crippen LogP contribution in [0, 0.1) is 0 Å². The Morgan fingerprint density at radius 1 is 1.40 bits per heavy atom. The van der Waals surface area contributed by atoms with Gasteiger partial charge in [-0.1, -0.05) is 6.92 Å². The van der Waals surface area contributed by atoms with Gasteiger partial charge in [0.25, 0.3) is 5.95 Å². The van der Waals surface area contributed by atoms with Gasteiger partial charge in [0.1, 0.15) is 0 Å². The van der Waals surface area contributed by atoms with Crippen molar-refractivity contribution >= 4 is 0 Å². The van der Waals surface area contributed by atoms with E-state index < -0.39 is 12.2 Å². The summed E-state index contributed by atoms with van der Waals surface area (Å²) in [4.78, 5) is 0. The second kappa shape index (κ2) is 8.26. The molecule has 0 saturated heterocycles. The SMILES string of the molecule is CC=C(O)O.CCC(O)O. The van der Waals surface area contributed by atoms with E-state index in [0.29, 0.717) is 6.42 Å². The van der Waals surface area contributed by atoms with Crippen LogP contribution in [-0.2, 0) is 0 Å². The third-order valence-corrected chi connectivity index (χ3v) is 0.623. The predicted molar refractivity (Wildman–Crippen MR) is 37.5 cm³/mol. The summed E-state index contributed by atoms with van der Waals surface area (Å²) < 4.78 is 0. The smallest absolute Gasteiger partial charge is 0.269 e. The molecule has 0 heterocycles. The number of rotatable bonds is 1. The van der Waals surface area contributed by atoms with E-state index in [4.69, 9.17) is 20.4 Å². The van der Waals surface area contributed by atoms with Crippen molar-refractivity contribution in [3.63, 3.8) is 0 Å². The van der Waals surface area contributed by atoms with Crippen LogP contribution in [0.2, 0.25) is 0 Å². The Bertz CT molecular complexity index is 83.7. The molecular weight excluding hydrogens is 136 g/mol. The van der Waals surface area contributed by atoms with Gasteiger partial charge < -0.3 is 20.4 Å². The van der Waals surface area contributed by atoms with Crippen LogP contribution in [0.4, 0.5) is 0 Å². The van der Waals surface area contributed by atoms with Crippen molar-refractivity contribution in [3.8, 4) is 0 Å². The van der Waals surface area contributed by atoms with Crippen LogP contribution in [-0.4, -0.2) is 26.7 Å². The Kier molecular flexibility index (Phi) is 9.90. The van der Waals surface area contributed by atoms with Gasteiger partial charge in [0.2, 0.25) is 0 Å². The van der Waals surface area contributed by atoms with E-state index in [1.165, 1.54) is 13.0 Å². The van der Waals surface area contributed by atoms with Crippen LogP contribution in [0.15, 0.2) is 12.0 Å². The Balaban J connectivity index is 0. The summed E-state index contributed by atoms with van der Waals surface area (Å²) in [5, 5.41) is 31.4. The molecule has 4 N–H and O–H groups in total. The van der Waals surface area contributed by atoms with Crippen LogP contribution in [0.25, 0.3) is 0 Å². The fourth-order valence-electron chi connectivity index (χ4n) is 0. The first-order valence-electron chi connectivity index (χ1n) is 2.94. The van der Waals surface area contributed by atoms with Gasteiger partial charge in [-0.2, -0.15) is 0 Å². The van der Waals surface area contributed by atoms with Crippen molar-refractivity contribution in [1.29, 1.82) is 0 Å². The van der Waals surface area contributed by atoms with Crippen molar-refractivity contribution < 1.29 is 20.4 Å². The quantitative estimate of drug-likeness (QED) is 0.327. The van der Waals surface area contributed by atoms with E-state index >= 15 is 0 Å². The van der Waals surface area contributed by atoms with Gasteiger partial charge >= 0.3 is 0 Å². The van der Waals surface area contributed by atoms with Crippen LogP contribution in [0.1, 0.15) is 20.3 Å². The molecule has 10 heavy (non-hydrogen) atoms. The molecule has 4 nitrogen and oxygen atoms in total. The summed E-state index contributed by atoms with van der Waals surface area (Å²) in [5.74, 6) is -0.620. The summed E-state index contributed by atoms with van der Waals surface area (Å²) in [6.07, 6.45) is 0.495. The first kappa shape index (κ1) is 12.0. The summed E-state index contributed by atoms with van der Waals surface area (Å²) in [6, 6.07) is 0. The molecule has 0 amide bonds. The molecule has 0 aromatic rings. The molecule has 4 heteroatoms. The van der Waals surface area contributed by atoms with Crippen molar-refractivity contribution in [2.75, 3.05) is 0 Å². The minimum absolute atomic E-state index is 0.417. The molecule has 0 saturated carbocycles. The molecular formula is C6H14O4. The van der Waals surface area contributed by atoms with Crippen LogP contribution in [0.5, 0.6) is 0 Å². The molecule has 0 aliphatic rings.